The zero-order valence-electron chi connectivity index (χ0n) is 11.4. The largest absolute Gasteiger partial charge is 0.494 e. The normalized spacial score (nSPS) is 10.2. The number of ether oxygens (including phenoxy) is 2. The van der Waals surface area contributed by atoms with Gasteiger partial charge < -0.3 is 9.47 Å². The molecule has 0 amide bonds. The first-order chi connectivity index (χ1) is 9.61. The lowest BCUT2D eigenvalue weighted by Gasteiger charge is -2.12. The molecule has 3 nitrogen and oxygen atoms in total. The number of Topliss-reactive ketones (excluding diaryl/α,β-unsaturated/α-hetero) is 1. The molecular weight excluding hydrogens is 259 g/mol. The van der Waals surface area contributed by atoms with E-state index in [1.165, 1.54) is 26.2 Å². The van der Waals surface area contributed by atoms with Gasteiger partial charge in [0.1, 0.15) is 12.4 Å². The Balaban J connectivity index is 2.26. The van der Waals surface area contributed by atoms with Crippen LogP contribution in [0.5, 0.6) is 11.5 Å². The summed E-state index contributed by atoms with van der Waals surface area (Å²) in [6, 6.07) is 12.0. The van der Waals surface area contributed by atoms with Crippen LogP contribution in [0.25, 0.3) is 0 Å². The van der Waals surface area contributed by atoms with E-state index >= 15 is 0 Å². The first kappa shape index (κ1) is 14.1. The molecule has 0 fully saturated rings. The van der Waals surface area contributed by atoms with Crippen LogP contribution in [-0.4, -0.2) is 12.9 Å². The summed E-state index contributed by atoms with van der Waals surface area (Å²) in [6.45, 7) is 1.68. The third kappa shape index (κ3) is 3.15. The third-order valence-corrected chi connectivity index (χ3v) is 2.87. The Bertz CT molecular complexity index is 609. The summed E-state index contributed by atoms with van der Waals surface area (Å²) in [5.41, 5.74) is 1.25. The molecule has 0 radical (unpaired) electrons. The van der Waals surface area contributed by atoms with Gasteiger partial charge in [0.05, 0.1) is 12.7 Å². The Morgan fingerprint density at radius 1 is 1.15 bits per heavy atom. The minimum absolute atomic E-state index is 0.0299. The van der Waals surface area contributed by atoms with Crippen LogP contribution in [0.15, 0.2) is 42.5 Å². The standard InChI is InChI=1S/C16H15FO3/c1-11(18)13-8-16(19-2)14(17)9-15(13)20-10-12-6-4-3-5-7-12/h3-9H,10H2,1-2H3. The van der Waals surface area contributed by atoms with Crippen LogP contribution in [0.2, 0.25) is 0 Å². The zero-order valence-corrected chi connectivity index (χ0v) is 11.4. The average molecular weight is 274 g/mol. The molecule has 0 atom stereocenters. The molecule has 104 valence electrons. The number of methoxy groups -OCH3 is 1. The number of ketones is 1. The number of benzene rings is 2. The van der Waals surface area contributed by atoms with Gasteiger partial charge >= 0.3 is 0 Å². The second kappa shape index (κ2) is 6.19. The van der Waals surface area contributed by atoms with Gasteiger partial charge in [0.2, 0.25) is 0 Å². The van der Waals surface area contributed by atoms with Crippen molar-refractivity contribution >= 4 is 5.78 Å². The van der Waals surface area contributed by atoms with E-state index in [1.807, 2.05) is 30.3 Å². The minimum atomic E-state index is -0.555. The third-order valence-electron chi connectivity index (χ3n) is 2.87. The summed E-state index contributed by atoms with van der Waals surface area (Å²) >= 11 is 0. The Morgan fingerprint density at radius 2 is 1.85 bits per heavy atom. The van der Waals surface area contributed by atoms with Gasteiger partial charge in [-0.25, -0.2) is 4.39 Å². The summed E-state index contributed by atoms with van der Waals surface area (Å²) < 4.78 is 24.1. The topological polar surface area (TPSA) is 35.5 Å². The molecular formula is C16H15FO3. The molecule has 0 aliphatic heterocycles. The van der Waals surface area contributed by atoms with Crippen molar-refractivity contribution < 1.29 is 18.7 Å². The quantitative estimate of drug-likeness (QED) is 0.781. The lowest BCUT2D eigenvalue weighted by atomic mass is 10.1. The van der Waals surface area contributed by atoms with Crippen LogP contribution < -0.4 is 9.47 Å². The van der Waals surface area contributed by atoms with Crippen LogP contribution >= 0.6 is 0 Å². The van der Waals surface area contributed by atoms with Crippen molar-refractivity contribution in [1.82, 2.24) is 0 Å². The molecule has 2 aromatic carbocycles. The van der Waals surface area contributed by atoms with E-state index in [4.69, 9.17) is 9.47 Å². The fourth-order valence-electron chi connectivity index (χ4n) is 1.82. The fourth-order valence-corrected chi connectivity index (χ4v) is 1.82. The second-order valence-corrected chi connectivity index (χ2v) is 4.31. The highest BCUT2D eigenvalue weighted by atomic mass is 19.1. The molecule has 0 aliphatic carbocycles. The van der Waals surface area contributed by atoms with Crippen molar-refractivity contribution in [2.45, 2.75) is 13.5 Å². The number of hydrogen-bond acceptors (Lipinski definition) is 3. The Hall–Kier alpha value is -2.36. The molecule has 0 unspecified atom stereocenters. The Kier molecular flexibility index (Phi) is 4.35. The number of hydrogen-bond donors (Lipinski definition) is 0. The maximum Gasteiger partial charge on any atom is 0.168 e. The van der Waals surface area contributed by atoms with Crippen molar-refractivity contribution in [2.24, 2.45) is 0 Å². The van der Waals surface area contributed by atoms with Gasteiger partial charge in [-0.15, -0.1) is 0 Å². The molecule has 4 heteroatoms. The van der Waals surface area contributed by atoms with Gasteiger partial charge in [0, 0.05) is 6.07 Å². The van der Waals surface area contributed by atoms with Crippen molar-refractivity contribution in [2.75, 3.05) is 7.11 Å². The molecule has 0 bridgehead atoms. The van der Waals surface area contributed by atoms with Crippen LogP contribution in [0, 0.1) is 5.82 Å². The summed E-state index contributed by atoms with van der Waals surface area (Å²) in [5, 5.41) is 0. The van der Waals surface area contributed by atoms with Gasteiger partial charge in [-0.1, -0.05) is 30.3 Å². The predicted molar refractivity (Wildman–Crippen MR) is 73.7 cm³/mol. The van der Waals surface area contributed by atoms with E-state index in [1.54, 1.807) is 0 Å². The highest BCUT2D eigenvalue weighted by Crippen LogP contribution is 2.28. The van der Waals surface area contributed by atoms with E-state index in [0.717, 1.165) is 5.56 Å². The molecule has 0 saturated heterocycles. The predicted octanol–water partition coefficient (Wildman–Crippen LogP) is 3.62. The van der Waals surface area contributed by atoms with Gasteiger partial charge in [-0.05, 0) is 18.6 Å². The van der Waals surface area contributed by atoms with Crippen LogP contribution in [0.4, 0.5) is 4.39 Å². The second-order valence-electron chi connectivity index (χ2n) is 4.31. The SMILES string of the molecule is COc1cc(C(C)=O)c(OCc2ccccc2)cc1F. The highest BCUT2D eigenvalue weighted by molar-refractivity contribution is 5.97. The van der Waals surface area contributed by atoms with E-state index < -0.39 is 5.82 Å². The Labute approximate surface area is 117 Å². The number of carbonyl (C=O) groups excluding carboxylic acids is 1. The molecule has 0 saturated carbocycles. The smallest absolute Gasteiger partial charge is 0.168 e. The van der Waals surface area contributed by atoms with E-state index in [9.17, 15) is 9.18 Å². The van der Waals surface area contributed by atoms with E-state index in [2.05, 4.69) is 0 Å². The monoisotopic (exact) mass is 274 g/mol. The summed E-state index contributed by atoms with van der Waals surface area (Å²) in [4.78, 5) is 11.6. The molecule has 0 N–H and O–H groups in total. The summed E-state index contributed by atoms with van der Waals surface area (Å²) in [5.74, 6) is -0.506. The lowest BCUT2D eigenvalue weighted by Crippen LogP contribution is -2.03. The molecule has 2 aromatic rings. The number of halogens is 1. The maximum atomic E-state index is 13.7. The summed E-state index contributed by atoms with van der Waals surface area (Å²) in [7, 11) is 1.35. The van der Waals surface area contributed by atoms with E-state index in [0.29, 0.717) is 5.56 Å². The number of carbonyl (C=O) groups is 1. The highest BCUT2D eigenvalue weighted by Gasteiger charge is 2.15. The van der Waals surface area contributed by atoms with Gasteiger partial charge in [-0.3, -0.25) is 4.79 Å². The van der Waals surface area contributed by atoms with Gasteiger partial charge in [-0.2, -0.15) is 0 Å². The maximum absolute atomic E-state index is 13.7. The molecule has 0 aromatic heterocycles. The molecule has 0 aliphatic rings. The first-order valence-electron chi connectivity index (χ1n) is 6.17. The van der Waals surface area contributed by atoms with Gasteiger partial charge in [0.15, 0.2) is 17.3 Å². The zero-order chi connectivity index (χ0) is 14.5. The Morgan fingerprint density at radius 3 is 2.45 bits per heavy atom. The van der Waals surface area contributed by atoms with Crippen LogP contribution in [0.1, 0.15) is 22.8 Å². The molecule has 20 heavy (non-hydrogen) atoms. The first-order valence-corrected chi connectivity index (χ1v) is 6.17. The fraction of sp³-hybridized carbons (Fsp3) is 0.188. The van der Waals surface area contributed by atoms with Crippen LogP contribution in [-0.2, 0) is 6.61 Å². The average Bonchev–Trinajstić information content (AvgIpc) is 2.46. The molecule has 0 heterocycles. The number of rotatable bonds is 5. The van der Waals surface area contributed by atoms with Crippen molar-refractivity contribution in [3.8, 4) is 11.5 Å². The van der Waals surface area contributed by atoms with Crippen molar-refractivity contribution in [1.29, 1.82) is 0 Å². The van der Waals surface area contributed by atoms with Crippen molar-refractivity contribution in [3.63, 3.8) is 0 Å². The molecule has 2 rings (SSSR count). The van der Waals surface area contributed by atoms with Gasteiger partial charge in [0.25, 0.3) is 0 Å². The molecule has 0 spiro atoms. The van der Waals surface area contributed by atoms with Crippen LogP contribution in [0.3, 0.4) is 0 Å². The lowest BCUT2D eigenvalue weighted by molar-refractivity contribution is 0.101. The van der Waals surface area contributed by atoms with E-state index in [-0.39, 0.29) is 23.9 Å². The minimum Gasteiger partial charge on any atom is -0.494 e. The summed E-state index contributed by atoms with van der Waals surface area (Å²) in [6.07, 6.45) is 0. The van der Waals surface area contributed by atoms with Crippen molar-refractivity contribution in [3.05, 3.63) is 59.4 Å².